The van der Waals surface area contributed by atoms with E-state index in [4.69, 9.17) is 5.73 Å². The smallest absolute Gasteiger partial charge is 0.198 e. The molecule has 0 aliphatic rings. The number of hydrogen-bond acceptors (Lipinski definition) is 2. The summed E-state index contributed by atoms with van der Waals surface area (Å²) in [6.07, 6.45) is 1.10. The van der Waals surface area contributed by atoms with Crippen LogP contribution in [0.5, 0.6) is 0 Å². The van der Waals surface area contributed by atoms with E-state index in [0.29, 0.717) is 11.9 Å². The molecule has 0 bridgehead atoms. The van der Waals surface area contributed by atoms with Gasteiger partial charge in [-0.1, -0.05) is 38.1 Å². The number of imidazole rings is 1. The fraction of sp³-hybridized carbons (Fsp3) is 0.308. The molecule has 0 saturated carbocycles. The number of hydrogen-bond donors (Lipinski definition) is 2. The van der Waals surface area contributed by atoms with Gasteiger partial charge in [-0.25, -0.2) is 4.98 Å². The van der Waals surface area contributed by atoms with Crippen molar-refractivity contribution in [2.45, 2.75) is 20.3 Å². The second-order valence-electron chi connectivity index (χ2n) is 4.58. The lowest BCUT2D eigenvalue weighted by Gasteiger charge is -2.05. The number of anilines is 1. The van der Waals surface area contributed by atoms with E-state index < -0.39 is 0 Å². The Morgan fingerprint density at radius 2 is 1.94 bits per heavy atom. The maximum atomic E-state index is 5.62. The monoisotopic (exact) mass is 293 g/mol. The fourth-order valence-corrected chi connectivity index (χ4v) is 2.35. The highest BCUT2D eigenvalue weighted by molar-refractivity contribution is 9.10. The molecule has 0 radical (unpaired) electrons. The van der Waals surface area contributed by atoms with Crippen molar-refractivity contribution in [1.29, 1.82) is 0 Å². The van der Waals surface area contributed by atoms with Crippen LogP contribution >= 0.6 is 15.9 Å². The van der Waals surface area contributed by atoms with E-state index in [-0.39, 0.29) is 0 Å². The topological polar surface area (TPSA) is 54.7 Å². The molecule has 1 heterocycles. The number of rotatable bonds is 3. The minimum Gasteiger partial charge on any atom is -0.369 e. The molecule has 3 nitrogen and oxygen atoms in total. The summed E-state index contributed by atoms with van der Waals surface area (Å²) in [6.45, 7) is 4.44. The lowest BCUT2D eigenvalue weighted by Crippen LogP contribution is -1.93. The highest BCUT2D eigenvalue weighted by Crippen LogP contribution is 2.27. The van der Waals surface area contributed by atoms with E-state index in [1.165, 1.54) is 5.56 Å². The number of nitrogen functional groups attached to an aromatic ring is 1. The molecule has 1 aromatic carbocycles. The summed E-state index contributed by atoms with van der Waals surface area (Å²) in [7, 11) is 0. The van der Waals surface area contributed by atoms with Gasteiger partial charge in [0.25, 0.3) is 0 Å². The quantitative estimate of drug-likeness (QED) is 0.908. The van der Waals surface area contributed by atoms with Crippen molar-refractivity contribution in [2.24, 2.45) is 5.92 Å². The molecule has 0 unspecified atom stereocenters. The van der Waals surface area contributed by atoms with E-state index in [2.05, 4.69) is 64.0 Å². The molecular weight excluding hydrogens is 278 g/mol. The second kappa shape index (κ2) is 4.92. The zero-order valence-corrected chi connectivity index (χ0v) is 11.6. The first-order valence-corrected chi connectivity index (χ1v) is 6.46. The lowest BCUT2D eigenvalue weighted by molar-refractivity contribution is 0.647. The van der Waals surface area contributed by atoms with E-state index >= 15 is 0 Å². The van der Waals surface area contributed by atoms with Crippen LogP contribution in [0.25, 0.3) is 11.3 Å². The predicted octanol–water partition coefficient (Wildman–Crippen LogP) is 3.62. The van der Waals surface area contributed by atoms with Crippen LogP contribution in [0.2, 0.25) is 0 Å². The van der Waals surface area contributed by atoms with Crippen LogP contribution in [0.3, 0.4) is 0 Å². The Hall–Kier alpha value is -1.29. The molecule has 4 heteroatoms. The van der Waals surface area contributed by atoms with Gasteiger partial charge in [0.2, 0.25) is 0 Å². The minimum absolute atomic E-state index is 0.429. The van der Waals surface area contributed by atoms with Gasteiger partial charge >= 0.3 is 0 Å². The van der Waals surface area contributed by atoms with E-state index in [1.54, 1.807) is 0 Å². The number of benzene rings is 1. The Morgan fingerprint density at radius 3 is 2.41 bits per heavy atom. The van der Waals surface area contributed by atoms with Gasteiger partial charge in [-0.05, 0) is 33.8 Å². The van der Waals surface area contributed by atoms with Gasteiger partial charge in [-0.3, -0.25) is 0 Å². The first kappa shape index (κ1) is 12.2. The number of aromatic nitrogens is 2. The second-order valence-corrected chi connectivity index (χ2v) is 5.37. The van der Waals surface area contributed by atoms with Crippen molar-refractivity contribution in [3.05, 3.63) is 34.4 Å². The summed E-state index contributed by atoms with van der Waals surface area (Å²) >= 11 is 3.41. The number of nitrogens with two attached hydrogens (primary N) is 1. The van der Waals surface area contributed by atoms with Gasteiger partial charge in [-0.2, -0.15) is 0 Å². The van der Waals surface area contributed by atoms with Gasteiger partial charge in [0, 0.05) is 5.56 Å². The molecule has 0 aliphatic heterocycles. The van der Waals surface area contributed by atoms with Crippen LogP contribution in [0.1, 0.15) is 19.4 Å². The third kappa shape index (κ3) is 2.88. The van der Waals surface area contributed by atoms with Gasteiger partial charge < -0.3 is 10.7 Å². The molecule has 90 valence electrons. The largest absolute Gasteiger partial charge is 0.369 e. The van der Waals surface area contributed by atoms with E-state index in [0.717, 1.165) is 22.3 Å². The number of nitrogens with one attached hydrogen (secondary N) is 1. The molecule has 0 spiro atoms. The highest BCUT2D eigenvalue weighted by atomic mass is 79.9. The van der Waals surface area contributed by atoms with Crippen LogP contribution in [0.15, 0.2) is 28.9 Å². The summed E-state index contributed by atoms with van der Waals surface area (Å²) in [4.78, 5) is 7.18. The standard InChI is InChI=1S/C13H16BrN3/c1-8(2)7-9-3-5-10(6-4-9)11-12(14)17-13(15)16-11/h3-6,8H,7H2,1-2H3,(H3,15,16,17). The molecule has 0 saturated heterocycles. The number of H-pyrrole nitrogens is 1. The van der Waals surface area contributed by atoms with Crippen molar-refractivity contribution >= 4 is 21.9 Å². The van der Waals surface area contributed by atoms with Crippen LogP contribution < -0.4 is 5.73 Å². The Morgan fingerprint density at radius 1 is 1.29 bits per heavy atom. The number of aromatic amines is 1. The molecule has 0 amide bonds. The molecule has 17 heavy (non-hydrogen) atoms. The Labute approximate surface area is 110 Å². The minimum atomic E-state index is 0.429. The van der Waals surface area contributed by atoms with Gasteiger partial charge in [-0.15, -0.1) is 0 Å². The summed E-state index contributed by atoms with van der Waals surface area (Å²) in [5.74, 6) is 1.10. The van der Waals surface area contributed by atoms with E-state index in [1.807, 2.05) is 0 Å². The number of halogens is 1. The van der Waals surface area contributed by atoms with Gasteiger partial charge in [0.1, 0.15) is 10.3 Å². The third-order valence-corrected chi connectivity index (χ3v) is 3.12. The van der Waals surface area contributed by atoms with Crippen LogP contribution in [-0.4, -0.2) is 9.97 Å². The van der Waals surface area contributed by atoms with E-state index in [9.17, 15) is 0 Å². The van der Waals surface area contributed by atoms with Crippen LogP contribution in [0.4, 0.5) is 5.95 Å². The van der Waals surface area contributed by atoms with Crippen LogP contribution in [-0.2, 0) is 6.42 Å². The summed E-state index contributed by atoms with van der Waals surface area (Å²) in [5, 5.41) is 0. The maximum absolute atomic E-state index is 5.62. The summed E-state index contributed by atoms with van der Waals surface area (Å²) in [5.41, 5.74) is 8.89. The normalized spacial score (nSPS) is 11.1. The Bertz CT molecular complexity index is 500. The number of nitrogens with zero attached hydrogens (tertiary/aromatic N) is 1. The van der Waals surface area contributed by atoms with Crippen molar-refractivity contribution in [1.82, 2.24) is 9.97 Å². The molecule has 1 aromatic heterocycles. The highest BCUT2D eigenvalue weighted by Gasteiger charge is 2.08. The average molecular weight is 294 g/mol. The maximum Gasteiger partial charge on any atom is 0.198 e. The SMILES string of the molecule is CC(C)Cc1ccc(-c2nc(N)[nH]c2Br)cc1. The zero-order chi connectivity index (χ0) is 12.4. The summed E-state index contributed by atoms with van der Waals surface area (Å²) in [6, 6.07) is 8.45. The predicted molar refractivity (Wildman–Crippen MR) is 74.7 cm³/mol. The Kier molecular flexibility index (Phi) is 3.52. The summed E-state index contributed by atoms with van der Waals surface area (Å²) < 4.78 is 0.826. The lowest BCUT2D eigenvalue weighted by atomic mass is 10.0. The van der Waals surface area contributed by atoms with Gasteiger partial charge in [0.05, 0.1) is 0 Å². The van der Waals surface area contributed by atoms with Crippen molar-refractivity contribution in [2.75, 3.05) is 5.73 Å². The molecule has 0 atom stereocenters. The molecule has 2 aromatic rings. The van der Waals surface area contributed by atoms with Crippen LogP contribution in [0, 0.1) is 5.92 Å². The molecular formula is C13H16BrN3. The first-order valence-electron chi connectivity index (χ1n) is 5.66. The molecule has 2 rings (SSSR count). The fourth-order valence-electron chi connectivity index (χ4n) is 1.83. The first-order chi connectivity index (χ1) is 8.06. The third-order valence-electron chi connectivity index (χ3n) is 2.55. The average Bonchev–Trinajstić information content (AvgIpc) is 2.58. The molecule has 0 fully saturated rings. The Balaban J connectivity index is 2.26. The van der Waals surface area contributed by atoms with Crippen molar-refractivity contribution in [3.8, 4) is 11.3 Å². The van der Waals surface area contributed by atoms with Crippen molar-refractivity contribution in [3.63, 3.8) is 0 Å². The zero-order valence-electron chi connectivity index (χ0n) is 10.00. The van der Waals surface area contributed by atoms with Gasteiger partial charge in [0.15, 0.2) is 5.95 Å². The molecule has 0 aliphatic carbocycles. The van der Waals surface area contributed by atoms with Crippen molar-refractivity contribution < 1.29 is 0 Å². The molecule has 3 N–H and O–H groups in total.